The van der Waals surface area contributed by atoms with Crippen molar-refractivity contribution in [3.05, 3.63) is 247 Å². The van der Waals surface area contributed by atoms with Crippen molar-refractivity contribution in [2.75, 3.05) is 19.8 Å². The maximum absolute atomic E-state index is 18.6. The minimum atomic E-state index is -4.82. The number of hydrogen-bond acceptors (Lipinski definition) is 4. The van der Waals surface area contributed by atoms with Crippen LogP contribution in [0.1, 0.15) is 428 Å². The van der Waals surface area contributed by atoms with Gasteiger partial charge in [0.15, 0.2) is 0 Å². The Labute approximate surface area is 715 Å². The lowest BCUT2D eigenvalue weighted by Crippen LogP contribution is -2.43. The van der Waals surface area contributed by atoms with Gasteiger partial charge in [-0.25, -0.2) is 4.57 Å². The highest BCUT2D eigenvalue weighted by atomic mass is 31.2. The van der Waals surface area contributed by atoms with Gasteiger partial charge in [0.1, 0.15) is 0 Å². The summed E-state index contributed by atoms with van der Waals surface area (Å²) in [6, 6.07) is 43.7. The average molecular weight is 1600 g/mol. The van der Waals surface area contributed by atoms with E-state index in [9.17, 15) is 0 Å². The molecule has 5 heteroatoms. The molecule has 0 bridgehead atoms. The quantitative estimate of drug-likeness (QED) is 0.0333. The third-order valence-electron chi connectivity index (χ3n) is 25.8. The second-order valence-electron chi connectivity index (χ2n) is 47.6. The Hall–Kier alpha value is -5.35. The molecule has 6 rings (SSSR count). The van der Waals surface area contributed by atoms with Crippen LogP contribution in [0.3, 0.4) is 0 Å². The summed E-state index contributed by atoms with van der Waals surface area (Å²) in [5, 5.41) is 0. The zero-order valence-electron chi connectivity index (χ0n) is 82.0. The van der Waals surface area contributed by atoms with Gasteiger partial charge in [0.05, 0.1) is 19.8 Å². The van der Waals surface area contributed by atoms with E-state index in [1.807, 2.05) is 0 Å². The molecular weight excluding hydrogens is 1430 g/mol. The van der Waals surface area contributed by atoms with Crippen molar-refractivity contribution in [2.45, 2.75) is 409 Å². The highest BCUT2D eigenvalue weighted by Crippen LogP contribution is 2.60. The van der Waals surface area contributed by atoms with Crippen LogP contribution in [0.2, 0.25) is 0 Å². The Morgan fingerprint density at radius 3 is 0.509 bits per heavy atom. The highest BCUT2D eigenvalue weighted by Gasteiger charge is 2.52. The van der Waals surface area contributed by atoms with Crippen LogP contribution in [0.15, 0.2) is 147 Å². The number of phosphoric acid groups is 1. The molecule has 0 aliphatic rings. The highest BCUT2D eigenvalue weighted by molar-refractivity contribution is 7.48. The maximum atomic E-state index is 18.6. The second-order valence-corrected chi connectivity index (χ2v) is 49.3. The Morgan fingerprint density at radius 1 is 0.250 bits per heavy atom. The molecule has 0 radical (unpaired) electrons. The topological polar surface area (TPSA) is 44.8 Å². The molecule has 0 spiro atoms. The molecule has 0 fully saturated rings. The van der Waals surface area contributed by atoms with E-state index >= 15 is 4.57 Å². The number of hydrogen-bond donors (Lipinski definition) is 0. The molecule has 6 aromatic carbocycles. The molecule has 6 aromatic rings. The van der Waals surface area contributed by atoms with E-state index in [4.69, 9.17) is 33.3 Å². The normalized spacial score (nSPS) is 15.3. The Kier molecular flexibility index (Phi) is 30.9. The number of unbranched alkanes of at least 4 members (excludes halogenated alkanes) is 3. The smallest absolute Gasteiger partial charge is 0.287 e. The molecule has 0 heterocycles. The van der Waals surface area contributed by atoms with Crippen LogP contribution in [-0.2, 0) is 99.4 Å². The van der Waals surface area contributed by atoms with Crippen LogP contribution in [0, 0.1) is 17.8 Å². The van der Waals surface area contributed by atoms with Crippen LogP contribution in [0.25, 0.3) is 0 Å². The molecule has 0 saturated heterocycles. The van der Waals surface area contributed by atoms with Crippen molar-refractivity contribution in [3.63, 3.8) is 0 Å². The van der Waals surface area contributed by atoms with Crippen molar-refractivity contribution in [3.8, 4) is 0 Å². The number of allylic oxidation sites excluding steroid dienone is 3. The monoisotopic (exact) mass is 1600 g/mol. The predicted molar refractivity (Wildman–Crippen MR) is 510 cm³/mol. The van der Waals surface area contributed by atoms with E-state index in [1.54, 1.807) is 0 Å². The van der Waals surface area contributed by atoms with Gasteiger partial charge in [-0.05, 0) is 184 Å². The largest absolute Gasteiger partial charge is 0.474 e. The molecule has 116 heavy (non-hydrogen) atoms. The molecule has 3 atom stereocenters. The van der Waals surface area contributed by atoms with Crippen molar-refractivity contribution in [1.82, 2.24) is 0 Å². The Morgan fingerprint density at radius 2 is 0.397 bits per heavy atom. The van der Waals surface area contributed by atoms with Crippen LogP contribution < -0.4 is 0 Å². The van der Waals surface area contributed by atoms with Crippen LogP contribution in [0.5, 0.6) is 0 Å². The Balaban J connectivity index is 1.91. The lowest BCUT2D eigenvalue weighted by molar-refractivity contribution is 0.0579. The first-order valence-corrected chi connectivity index (χ1v) is 46.5. The van der Waals surface area contributed by atoms with E-state index in [0.29, 0.717) is 0 Å². The molecule has 0 aliphatic carbocycles. The molecule has 644 valence electrons. The van der Waals surface area contributed by atoms with E-state index in [1.165, 1.54) is 100 Å². The lowest BCUT2D eigenvalue weighted by Gasteiger charge is -2.47. The summed E-state index contributed by atoms with van der Waals surface area (Å²) >= 11 is 0. The van der Waals surface area contributed by atoms with Crippen LogP contribution in [-0.4, -0.2) is 19.8 Å². The minimum Gasteiger partial charge on any atom is -0.287 e. The maximum Gasteiger partial charge on any atom is 0.474 e. The first-order chi connectivity index (χ1) is 52.7. The number of benzene rings is 6. The van der Waals surface area contributed by atoms with Gasteiger partial charge >= 0.3 is 7.82 Å². The van der Waals surface area contributed by atoms with E-state index in [2.05, 4.69) is 397 Å². The van der Waals surface area contributed by atoms with E-state index in [-0.39, 0.29) is 103 Å². The van der Waals surface area contributed by atoms with Gasteiger partial charge in [0, 0.05) is 34.0 Å². The summed E-state index contributed by atoms with van der Waals surface area (Å²) in [4.78, 5) is 0. The fraction of sp³-hybridized carbons (Fsp3) is 0.622. The third kappa shape index (κ3) is 22.3. The fourth-order valence-corrected chi connectivity index (χ4v) is 19.5. The summed E-state index contributed by atoms with van der Waals surface area (Å²) in [5.74, 6) is -1.02. The molecule has 0 saturated carbocycles. The SMILES string of the molecule is C=CC(c1ccc(C(C)(C)C)cc1C(C)(C)C)(c1ccc(C(C)(C)C)cc1C(C)(C)C)C(CCCC)COP(=O)(OCC(CCCC)C(C=C)(c1ccc(C(C)(C)C)cc1C(C)(C)C)c1ccc(C(C)(C)C)cc1C(C)(C)C)OCC(CCCC)C(C=C)(c1ccc(C(C)(C)C)cc1C(C)(C)C)c1ccc(C(C)(C)C)cc1C(C)(C)C. The molecule has 0 aliphatic heterocycles. The summed E-state index contributed by atoms with van der Waals surface area (Å²) in [6.07, 6.45) is 14.4. The molecule has 0 amide bonds. The standard InChI is InChI=1S/C111H171O4P/c1-43-49-52-82(109(46-4,85-61-55-76(97(7,8)9)67-91(85)103(25,26)27)86-62-56-77(98(10,11)12)68-92(86)104(28,29)30)73-113-116(112,114-74-83(53-50-44-2)110(47-5,87-63-57-78(99(13,14)15)69-93(87)105(31,32)33)88-64-58-79(100(16,17)18)70-94(88)106(34,35)36)115-75-84(54-51-45-3)111(48-6,89-65-59-80(101(19,20)21)71-95(89)107(37,38)39)90-66-60-81(102(22,23)24)72-96(90)108(40,41)42/h46-48,55-72,82-84H,4-6,43-45,49-54,73-75H2,1-3,7-42H3. The van der Waals surface area contributed by atoms with E-state index in [0.717, 1.165) is 57.8 Å². The zero-order valence-corrected chi connectivity index (χ0v) is 82.9. The second kappa shape index (κ2) is 36.0. The molecule has 3 unspecified atom stereocenters. The van der Waals surface area contributed by atoms with Gasteiger partial charge in [-0.15, -0.1) is 19.7 Å². The van der Waals surface area contributed by atoms with Crippen molar-refractivity contribution >= 4 is 7.82 Å². The summed E-state index contributed by atoms with van der Waals surface area (Å²) in [5.41, 5.74) is 16.9. The van der Waals surface area contributed by atoms with Gasteiger partial charge < -0.3 is 0 Å². The van der Waals surface area contributed by atoms with Crippen molar-refractivity contribution < 1.29 is 18.1 Å². The Bertz CT molecular complexity index is 3700. The number of rotatable bonds is 30. The van der Waals surface area contributed by atoms with Gasteiger partial charge in [0.2, 0.25) is 0 Å². The van der Waals surface area contributed by atoms with Gasteiger partial charge in [-0.1, -0.05) is 436 Å². The first-order valence-electron chi connectivity index (χ1n) is 45.1. The van der Waals surface area contributed by atoms with Gasteiger partial charge in [-0.2, -0.15) is 0 Å². The lowest BCUT2D eigenvalue weighted by atomic mass is 9.58. The molecule has 0 aromatic heterocycles. The van der Waals surface area contributed by atoms with Crippen LogP contribution >= 0.6 is 7.82 Å². The molecule has 0 N–H and O–H groups in total. The summed E-state index contributed by atoms with van der Waals surface area (Å²) in [7, 11) is -4.82. The summed E-state index contributed by atoms with van der Waals surface area (Å²) in [6.45, 7) is 107. The van der Waals surface area contributed by atoms with Crippen LogP contribution in [0.4, 0.5) is 0 Å². The van der Waals surface area contributed by atoms with Crippen molar-refractivity contribution in [1.29, 1.82) is 0 Å². The molecular formula is C111H171O4P. The predicted octanol–water partition coefficient (Wildman–Crippen LogP) is 32.7. The zero-order chi connectivity index (χ0) is 88.6. The average Bonchev–Trinajstić information content (AvgIpc) is 0.731. The first kappa shape index (κ1) is 99.5. The third-order valence-corrected chi connectivity index (χ3v) is 27.1. The summed E-state index contributed by atoms with van der Waals surface area (Å²) < 4.78 is 42.3. The number of phosphoric ester groups is 1. The molecule has 4 nitrogen and oxygen atoms in total. The van der Waals surface area contributed by atoms with Gasteiger partial charge in [-0.3, -0.25) is 13.6 Å². The minimum absolute atomic E-state index is 0.0344. The van der Waals surface area contributed by atoms with Crippen molar-refractivity contribution in [2.24, 2.45) is 17.8 Å². The fourth-order valence-electron chi connectivity index (χ4n) is 18.2. The van der Waals surface area contributed by atoms with Gasteiger partial charge in [0.25, 0.3) is 0 Å². The van der Waals surface area contributed by atoms with E-state index < -0.39 is 24.1 Å².